The zero-order chi connectivity index (χ0) is 28.5. The van der Waals surface area contributed by atoms with Crippen molar-refractivity contribution in [2.45, 2.75) is 240 Å². The van der Waals surface area contributed by atoms with Crippen LogP contribution in [-0.2, 0) is 0 Å². The minimum Gasteiger partial charge on any atom is -0.0654 e. The second kappa shape index (κ2) is 34.2. The van der Waals surface area contributed by atoms with Crippen molar-refractivity contribution in [3.8, 4) is 0 Å². The third-order valence-electron chi connectivity index (χ3n) is 9.63. The predicted molar refractivity (Wildman–Crippen MR) is 182 cm³/mol. The van der Waals surface area contributed by atoms with Crippen LogP contribution in [-0.4, -0.2) is 0 Å². The fourth-order valence-corrected chi connectivity index (χ4v) is 6.86. The molecule has 0 aromatic carbocycles. The van der Waals surface area contributed by atoms with E-state index < -0.39 is 0 Å². The zero-order valence-electron chi connectivity index (χ0n) is 28.5. The number of unbranched alkanes of at least 4 members (excludes halogenated alkanes) is 25. The van der Waals surface area contributed by atoms with Gasteiger partial charge in [0.25, 0.3) is 0 Å². The lowest BCUT2D eigenvalue weighted by atomic mass is 9.78. The first kappa shape index (κ1) is 39.0. The highest BCUT2D eigenvalue weighted by atomic mass is 14.3. The van der Waals surface area contributed by atoms with E-state index in [4.69, 9.17) is 0 Å². The van der Waals surface area contributed by atoms with Gasteiger partial charge in [0.15, 0.2) is 0 Å². The molecule has 39 heavy (non-hydrogen) atoms. The maximum absolute atomic E-state index is 2.38. The van der Waals surface area contributed by atoms with E-state index in [1.807, 2.05) is 0 Å². The molecule has 0 bridgehead atoms. The summed E-state index contributed by atoms with van der Waals surface area (Å²) in [5.41, 5.74) is 0. The fourth-order valence-electron chi connectivity index (χ4n) is 6.86. The molecule has 0 fully saturated rings. The summed E-state index contributed by atoms with van der Waals surface area (Å²) in [4.78, 5) is 0. The average Bonchev–Trinajstić information content (AvgIpc) is 2.95. The van der Waals surface area contributed by atoms with E-state index in [1.54, 1.807) is 0 Å². The van der Waals surface area contributed by atoms with E-state index in [-0.39, 0.29) is 0 Å². The van der Waals surface area contributed by atoms with Crippen molar-refractivity contribution in [2.24, 2.45) is 11.8 Å². The van der Waals surface area contributed by atoms with Crippen LogP contribution in [0.3, 0.4) is 0 Å². The highest BCUT2D eigenvalue weighted by molar-refractivity contribution is 4.72. The van der Waals surface area contributed by atoms with E-state index in [0.29, 0.717) is 0 Å². The van der Waals surface area contributed by atoms with Gasteiger partial charge in [0.05, 0.1) is 0 Å². The van der Waals surface area contributed by atoms with Crippen LogP contribution >= 0.6 is 0 Å². The van der Waals surface area contributed by atoms with Gasteiger partial charge in [-0.05, 0) is 11.8 Å². The Morgan fingerprint density at radius 3 is 0.615 bits per heavy atom. The van der Waals surface area contributed by atoms with Crippen LogP contribution in [0.15, 0.2) is 0 Å². The summed E-state index contributed by atoms with van der Waals surface area (Å²) < 4.78 is 0. The normalized spacial score (nSPS) is 13.2. The molecule has 0 N–H and O–H groups in total. The Labute approximate surface area is 251 Å². The van der Waals surface area contributed by atoms with Crippen molar-refractivity contribution in [2.75, 3.05) is 0 Å². The zero-order valence-corrected chi connectivity index (χ0v) is 28.5. The van der Waals surface area contributed by atoms with Gasteiger partial charge in [0, 0.05) is 0 Å². The number of hydrogen-bond donors (Lipinski definition) is 0. The smallest absolute Gasteiger partial charge is 0.0386 e. The third kappa shape index (κ3) is 29.3. The van der Waals surface area contributed by atoms with Crippen molar-refractivity contribution in [3.63, 3.8) is 0 Å². The molecule has 0 radical (unpaired) electrons. The lowest BCUT2D eigenvalue weighted by Gasteiger charge is -2.28. The molecule has 0 heterocycles. The molecule has 236 valence electrons. The summed E-state index contributed by atoms with van der Waals surface area (Å²) in [6, 6.07) is 0. The topological polar surface area (TPSA) is 0 Å². The van der Waals surface area contributed by atoms with Gasteiger partial charge in [-0.3, -0.25) is 0 Å². The minimum atomic E-state index is 1.03. The van der Waals surface area contributed by atoms with Crippen molar-refractivity contribution in [1.82, 2.24) is 0 Å². The molecule has 0 saturated heterocycles. The molecule has 0 aromatic rings. The van der Waals surface area contributed by atoms with Gasteiger partial charge < -0.3 is 0 Å². The van der Waals surface area contributed by atoms with Gasteiger partial charge >= 0.3 is 0 Å². The maximum atomic E-state index is 2.38. The Morgan fingerprint density at radius 1 is 0.205 bits per heavy atom. The molecule has 0 aromatic heterocycles. The molecule has 0 amide bonds. The summed E-state index contributed by atoms with van der Waals surface area (Å²) in [7, 11) is 0. The molecular weight excluding hydrogens is 468 g/mol. The van der Waals surface area contributed by atoms with Crippen LogP contribution in [0.25, 0.3) is 0 Å². The lowest BCUT2D eigenvalue weighted by molar-refractivity contribution is 0.237. The first-order valence-electron chi connectivity index (χ1n) is 19.3. The quantitative estimate of drug-likeness (QED) is 0.0701. The van der Waals surface area contributed by atoms with Gasteiger partial charge in [0.2, 0.25) is 0 Å². The molecule has 0 saturated carbocycles. The minimum absolute atomic E-state index is 1.03. The van der Waals surface area contributed by atoms with Crippen molar-refractivity contribution in [1.29, 1.82) is 0 Å². The lowest BCUT2D eigenvalue weighted by Crippen LogP contribution is -2.16. The maximum Gasteiger partial charge on any atom is -0.0386 e. The highest BCUT2D eigenvalue weighted by Crippen LogP contribution is 2.33. The van der Waals surface area contributed by atoms with Crippen LogP contribution in [0.1, 0.15) is 240 Å². The second-order valence-corrected chi connectivity index (χ2v) is 13.5. The van der Waals surface area contributed by atoms with Crippen molar-refractivity contribution < 1.29 is 0 Å². The summed E-state index contributed by atoms with van der Waals surface area (Å²) in [6.45, 7) is 9.39. The highest BCUT2D eigenvalue weighted by Gasteiger charge is 2.20. The van der Waals surface area contributed by atoms with E-state index in [1.165, 1.54) is 212 Å². The second-order valence-electron chi connectivity index (χ2n) is 13.5. The molecular formula is C39H80. The summed E-state index contributed by atoms with van der Waals surface area (Å²) in [6.07, 6.45) is 48.7. The standard InChI is InChI=1S/C39H80/c1-5-9-13-16-18-20-22-24-26-28-32-36-38(34-30-12-8-4)39(35-31-15-11-7-3)37-33-29-27-25-23-21-19-17-14-10-6-2/h38-39H,5-37H2,1-4H3. The molecule has 0 rings (SSSR count). The Morgan fingerprint density at radius 2 is 0.359 bits per heavy atom. The van der Waals surface area contributed by atoms with Crippen LogP contribution in [0.2, 0.25) is 0 Å². The first-order valence-corrected chi connectivity index (χ1v) is 19.3. The van der Waals surface area contributed by atoms with Crippen LogP contribution in [0.5, 0.6) is 0 Å². The molecule has 0 nitrogen and oxygen atoms in total. The van der Waals surface area contributed by atoms with Gasteiger partial charge in [-0.15, -0.1) is 0 Å². The van der Waals surface area contributed by atoms with Crippen LogP contribution in [0, 0.1) is 11.8 Å². The first-order chi connectivity index (χ1) is 19.3. The number of rotatable bonds is 34. The fraction of sp³-hybridized carbons (Fsp3) is 1.00. The van der Waals surface area contributed by atoms with Gasteiger partial charge in [-0.2, -0.15) is 0 Å². The molecule has 2 atom stereocenters. The monoisotopic (exact) mass is 549 g/mol. The number of hydrogen-bond acceptors (Lipinski definition) is 0. The Balaban J connectivity index is 4.33. The van der Waals surface area contributed by atoms with Crippen molar-refractivity contribution in [3.05, 3.63) is 0 Å². The average molecular weight is 549 g/mol. The van der Waals surface area contributed by atoms with E-state index >= 15 is 0 Å². The van der Waals surface area contributed by atoms with Gasteiger partial charge in [-0.1, -0.05) is 240 Å². The van der Waals surface area contributed by atoms with E-state index in [0.717, 1.165) is 11.8 Å². The summed E-state index contributed by atoms with van der Waals surface area (Å²) in [5, 5.41) is 0. The molecule has 0 spiro atoms. The third-order valence-corrected chi connectivity index (χ3v) is 9.63. The predicted octanol–water partition coefficient (Wildman–Crippen LogP) is 15.2. The summed E-state index contributed by atoms with van der Waals surface area (Å²) in [5.74, 6) is 2.06. The molecule has 0 heteroatoms. The van der Waals surface area contributed by atoms with E-state index in [2.05, 4.69) is 27.7 Å². The molecule has 0 aliphatic carbocycles. The Kier molecular flexibility index (Phi) is 34.2. The SMILES string of the molecule is CCCCCCCCCCCCCC(CCCCC)C(CCCCCC)CCCCCCCCCCCCC. The van der Waals surface area contributed by atoms with Crippen LogP contribution in [0.4, 0.5) is 0 Å². The van der Waals surface area contributed by atoms with Gasteiger partial charge in [-0.25, -0.2) is 0 Å². The van der Waals surface area contributed by atoms with Gasteiger partial charge in [0.1, 0.15) is 0 Å². The van der Waals surface area contributed by atoms with Crippen LogP contribution < -0.4 is 0 Å². The summed E-state index contributed by atoms with van der Waals surface area (Å²) >= 11 is 0. The Bertz CT molecular complexity index is 412. The van der Waals surface area contributed by atoms with Crippen molar-refractivity contribution >= 4 is 0 Å². The largest absolute Gasteiger partial charge is 0.0654 e. The van der Waals surface area contributed by atoms with E-state index in [9.17, 15) is 0 Å². The molecule has 0 aliphatic rings. The molecule has 0 aliphatic heterocycles. The Hall–Kier alpha value is 0. The molecule has 2 unspecified atom stereocenters.